The number of fused-ring (bicyclic) bond motifs is 3. The van der Waals surface area contributed by atoms with Gasteiger partial charge in [-0.1, -0.05) is 20.8 Å². The minimum absolute atomic E-state index is 0.211. The molecule has 0 N–H and O–H groups in total. The van der Waals surface area contributed by atoms with Crippen LogP contribution in [0.5, 0.6) is 0 Å². The lowest BCUT2D eigenvalue weighted by Gasteiger charge is -2.12. The van der Waals surface area contributed by atoms with Crippen molar-refractivity contribution in [3.63, 3.8) is 0 Å². The Hall–Kier alpha value is -2.31. The van der Waals surface area contributed by atoms with Gasteiger partial charge < -0.3 is 4.57 Å². The van der Waals surface area contributed by atoms with E-state index in [1.165, 1.54) is 9.13 Å². The summed E-state index contributed by atoms with van der Waals surface area (Å²) >= 11 is 0. The molecule has 0 aromatic carbocycles. The third-order valence-electron chi connectivity index (χ3n) is 4.65. The van der Waals surface area contributed by atoms with Crippen LogP contribution in [0.25, 0.3) is 16.9 Å². The zero-order chi connectivity index (χ0) is 17.8. The zero-order valence-electron chi connectivity index (χ0n) is 15.2. The fourth-order valence-corrected chi connectivity index (χ4v) is 3.28. The fourth-order valence-electron chi connectivity index (χ4n) is 3.28. The van der Waals surface area contributed by atoms with Gasteiger partial charge in [-0.2, -0.15) is 4.98 Å². The molecule has 0 fully saturated rings. The highest BCUT2D eigenvalue weighted by molar-refractivity contribution is 5.75. The summed E-state index contributed by atoms with van der Waals surface area (Å²) in [4.78, 5) is 30.1. The first-order valence-electron chi connectivity index (χ1n) is 8.47. The van der Waals surface area contributed by atoms with Crippen molar-refractivity contribution in [3.05, 3.63) is 32.7 Å². The Balaban J connectivity index is 2.46. The smallest absolute Gasteiger partial charge is 0.311 e. The number of aryl methyl sites for hydroxylation is 2. The molecule has 24 heavy (non-hydrogen) atoms. The number of hydrogen-bond acceptors (Lipinski definition) is 3. The number of nitrogens with zero attached hydrogens (tertiary/aromatic N) is 5. The third kappa shape index (κ3) is 2.22. The average molecular weight is 331 g/mol. The number of aromatic nitrogens is 5. The summed E-state index contributed by atoms with van der Waals surface area (Å²) in [5, 5.41) is 0. The van der Waals surface area contributed by atoms with Gasteiger partial charge in [-0.15, -0.1) is 0 Å². The molecule has 0 amide bonds. The van der Waals surface area contributed by atoms with Gasteiger partial charge in [0.1, 0.15) is 0 Å². The lowest BCUT2D eigenvalue weighted by Crippen LogP contribution is -2.40. The second-order valence-corrected chi connectivity index (χ2v) is 7.00. The lowest BCUT2D eigenvalue weighted by atomic mass is 10.2. The van der Waals surface area contributed by atoms with Crippen LogP contribution in [0, 0.1) is 12.8 Å². The maximum atomic E-state index is 13.0. The van der Waals surface area contributed by atoms with E-state index in [1.807, 2.05) is 31.4 Å². The quantitative estimate of drug-likeness (QED) is 0.735. The Morgan fingerprint density at radius 3 is 2.46 bits per heavy atom. The molecule has 0 radical (unpaired) electrons. The molecule has 0 unspecified atom stereocenters. The number of hydrogen-bond donors (Lipinski definition) is 0. The largest absolute Gasteiger partial charge is 0.332 e. The number of imidazole rings is 2. The molecule has 0 saturated carbocycles. The van der Waals surface area contributed by atoms with Crippen molar-refractivity contribution in [3.8, 4) is 0 Å². The van der Waals surface area contributed by atoms with Crippen LogP contribution in [0.1, 0.15) is 45.9 Å². The number of rotatable bonds is 4. The van der Waals surface area contributed by atoms with Gasteiger partial charge in [0, 0.05) is 31.5 Å². The molecule has 0 bridgehead atoms. The van der Waals surface area contributed by atoms with Crippen LogP contribution < -0.4 is 11.2 Å². The Labute approximate surface area is 140 Å². The summed E-state index contributed by atoms with van der Waals surface area (Å²) in [5.74, 6) is 0.925. The first-order chi connectivity index (χ1) is 11.3. The molecule has 3 heterocycles. The summed E-state index contributed by atoms with van der Waals surface area (Å²) < 4.78 is 6.74. The van der Waals surface area contributed by atoms with E-state index in [0.717, 1.165) is 12.1 Å². The van der Waals surface area contributed by atoms with Crippen molar-refractivity contribution >= 4 is 16.9 Å². The SMILES string of the molecule is CC[C@@H](C)n1c(C)cn2c3c(=O)n(CC(C)C)c(=O)n(C)c3nc12. The third-order valence-corrected chi connectivity index (χ3v) is 4.65. The predicted octanol–water partition coefficient (Wildman–Crippen LogP) is 2.08. The van der Waals surface area contributed by atoms with Gasteiger partial charge in [0.05, 0.1) is 0 Å². The van der Waals surface area contributed by atoms with Crippen molar-refractivity contribution in [2.24, 2.45) is 13.0 Å². The average Bonchev–Trinajstić information content (AvgIpc) is 3.03. The van der Waals surface area contributed by atoms with E-state index in [4.69, 9.17) is 0 Å². The topological polar surface area (TPSA) is 66.2 Å². The molecule has 0 aliphatic carbocycles. The van der Waals surface area contributed by atoms with Gasteiger partial charge in [-0.05, 0) is 26.2 Å². The Morgan fingerprint density at radius 1 is 1.21 bits per heavy atom. The highest BCUT2D eigenvalue weighted by atomic mass is 16.2. The molecule has 1 atom stereocenters. The van der Waals surface area contributed by atoms with Crippen molar-refractivity contribution in [2.75, 3.05) is 0 Å². The molecule has 7 heteroatoms. The molecule has 0 spiro atoms. The summed E-state index contributed by atoms with van der Waals surface area (Å²) in [7, 11) is 1.67. The summed E-state index contributed by atoms with van der Waals surface area (Å²) in [6.07, 6.45) is 2.90. The Kier molecular flexibility index (Phi) is 3.89. The van der Waals surface area contributed by atoms with Gasteiger partial charge in [0.25, 0.3) is 5.56 Å². The van der Waals surface area contributed by atoms with E-state index in [0.29, 0.717) is 23.5 Å². The van der Waals surface area contributed by atoms with Crippen LogP contribution in [0.15, 0.2) is 15.8 Å². The monoisotopic (exact) mass is 331 g/mol. The van der Waals surface area contributed by atoms with Gasteiger partial charge in [-0.3, -0.25) is 18.3 Å². The standard InChI is InChI=1S/C17H25N5O2/c1-7-11(4)22-12(5)9-20-13-14(18-16(20)22)19(6)17(24)21(15(13)23)8-10(2)3/h9-11H,7-8H2,1-6H3/t11-/m1/s1. The minimum atomic E-state index is -0.311. The molecular formula is C17H25N5O2. The maximum Gasteiger partial charge on any atom is 0.332 e. The molecule has 0 saturated heterocycles. The summed E-state index contributed by atoms with van der Waals surface area (Å²) in [6.45, 7) is 10.6. The van der Waals surface area contributed by atoms with Crippen molar-refractivity contribution in [1.29, 1.82) is 0 Å². The van der Waals surface area contributed by atoms with E-state index >= 15 is 0 Å². The molecule has 130 valence electrons. The van der Waals surface area contributed by atoms with Crippen molar-refractivity contribution in [2.45, 2.75) is 53.6 Å². The molecule has 3 rings (SSSR count). The molecule has 0 aliphatic heterocycles. The fraction of sp³-hybridized carbons (Fsp3) is 0.588. The molecule has 3 aromatic rings. The van der Waals surface area contributed by atoms with Crippen LogP contribution in [-0.4, -0.2) is 23.1 Å². The molecule has 0 aliphatic rings. The van der Waals surface area contributed by atoms with Crippen LogP contribution in [0.3, 0.4) is 0 Å². The Morgan fingerprint density at radius 2 is 1.88 bits per heavy atom. The maximum absolute atomic E-state index is 13.0. The highest BCUT2D eigenvalue weighted by Gasteiger charge is 2.21. The Bertz CT molecular complexity index is 1030. The minimum Gasteiger partial charge on any atom is -0.311 e. The van der Waals surface area contributed by atoms with Crippen LogP contribution in [-0.2, 0) is 13.6 Å². The molecule has 7 nitrogen and oxygen atoms in total. The first kappa shape index (κ1) is 16.5. The van der Waals surface area contributed by atoms with E-state index in [1.54, 1.807) is 7.05 Å². The van der Waals surface area contributed by atoms with Gasteiger partial charge >= 0.3 is 5.69 Å². The zero-order valence-corrected chi connectivity index (χ0v) is 15.2. The van der Waals surface area contributed by atoms with E-state index in [-0.39, 0.29) is 23.2 Å². The van der Waals surface area contributed by atoms with Gasteiger partial charge in [-0.25, -0.2) is 4.79 Å². The molecule has 3 aromatic heterocycles. The normalized spacial score (nSPS) is 13.5. The van der Waals surface area contributed by atoms with Crippen LogP contribution in [0.4, 0.5) is 0 Å². The van der Waals surface area contributed by atoms with E-state index in [9.17, 15) is 9.59 Å². The van der Waals surface area contributed by atoms with Crippen LogP contribution >= 0.6 is 0 Å². The first-order valence-corrected chi connectivity index (χ1v) is 8.47. The van der Waals surface area contributed by atoms with E-state index in [2.05, 4.69) is 23.4 Å². The van der Waals surface area contributed by atoms with Crippen molar-refractivity contribution < 1.29 is 0 Å². The molecular weight excluding hydrogens is 306 g/mol. The lowest BCUT2D eigenvalue weighted by molar-refractivity contribution is 0.484. The second-order valence-electron chi connectivity index (χ2n) is 7.00. The summed E-state index contributed by atoms with van der Waals surface area (Å²) in [6, 6.07) is 0.272. The highest BCUT2D eigenvalue weighted by Crippen LogP contribution is 2.22. The van der Waals surface area contributed by atoms with Gasteiger partial charge in [0.2, 0.25) is 5.78 Å². The second kappa shape index (κ2) is 5.65. The predicted molar refractivity (Wildman–Crippen MR) is 94.8 cm³/mol. The van der Waals surface area contributed by atoms with E-state index < -0.39 is 0 Å². The summed E-state index contributed by atoms with van der Waals surface area (Å²) in [5.41, 5.74) is 1.39. The van der Waals surface area contributed by atoms with Crippen molar-refractivity contribution in [1.82, 2.24) is 23.1 Å². The van der Waals surface area contributed by atoms with Crippen LogP contribution in [0.2, 0.25) is 0 Å². The van der Waals surface area contributed by atoms with Gasteiger partial charge in [0.15, 0.2) is 11.2 Å².